The molecule has 4 heteroatoms. The normalized spacial score (nSPS) is 11.9. The molecule has 3 rings (SSSR count). The van der Waals surface area contributed by atoms with Crippen molar-refractivity contribution in [2.75, 3.05) is 10.6 Å². The zero-order chi connectivity index (χ0) is 25.4. The summed E-state index contributed by atoms with van der Waals surface area (Å²) >= 11 is 0. The third-order valence-corrected chi connectivity index (χ3v) is 6.24. The highest BCUT2D eigenvalue weighted by atomic mass is 16.3. The van der Waals surface area contributed by atoms with Gasteiger partial charge in [-0.1, -0.05) is 65.8 Å². The molecule has 0 aliphatic heterocycles. The smallest absolute Gasteiger partial charge is 0.255 e. The van der Waals surface area contributed by atoms with Crippen LogP contribution < -0.4 is 10.6 Å². The van der Waals surface area contributed by atoms with Gasteiger partial charge in [0.05, 0.1) is 0 Å². The minimum Gasteiger partial charge on any atom is -0.507 e. The van der Waals surface area contributed by atoms with Crippen molar-refractivity contribution in [1.82, 2.24) is 0 Å². The maximum Gasteiger partial charge on any atom is 0.255 e. The summed E-state index contributed by atoms with van der Waals surface area (Å²) in [7, 11) is 0. The minimum absolute atomic E-state index is 0.184. The molecule has 0 heterocycles. The molecule has 0 aliphatic carbocycles. The first-order valence-electron chi connectivity index (χ1n) is 11.8. The summed E-state index contributed by atoms with van der Waals surface area (Å²) in [6.07, 6.45) is 0. The molecule has 0 aliphatic rings. The number of aryl methyl sites for hydroxylation is 2. The number of amides is 1. The Morgan fingerprint density at radius 2 is 1.26 bits per heavy atom. The fraction of sp³-hybridized carbons (Fsp3) is 0.367. The minimum atomic E-state index is -0.303. The van der Waals surface area contributed by atoms with Gasteiger partial charge >= 0.3 is 0 Å². The number of carbonyl (C=O) groups is 1. The number of para-hydroxylation sites is 1. The van der Waals surface area contributed by atoms with E-state index < -0.39 is 0 Å². The van der Waals surface area contributed by atoms with Crippen LogP contribution in [0.1, 0.15) is 79.7 Å². The van der Waals surface area contributed by atoms with Gasteiger partial charge in [0.1, 0.15) is 5.75 Å². The van der Waals surface area contributed by atoms with Gasteiger partial charge in [0.15, 0.2) is 0 Å². The number of aromatic hydroxyl groups is 1. The van der Waals surface area contributed by atoms with Crippen molar-refractivity contribution >= 4 is 23.0 Å². The highest BCUT2D eigenvalue weighted by molar-refractivity contribution is 6.06. The predicted molar refractivity (Wildman–Crippen MR) is 144 cm³/mol. The summed E-state index contributed by atoms with van der Waals surface area (Å²) in [4.78, 5) is 13.5. The van der Waals surface area contributed by atoms with Gasteiger partial charge in [-0.15, -0.1) is 0 Å². The molecular formula is C30H38N2O2. The zero-order valence-electron chi connectivity index (χ0n) is 22.0. The van der Waals surface area contributed by atoms with E-state index in [-0.39, 0.29) is 22.5 Å². The van der Waals surface area contributed by atoms with Gasteiger partial charge in [0.2, 0.25) is 0 Å². The van der Waals surface area contributed by atoms with Crippen LogP contribution in [0.3, 0.4) is 0 Å². The molecule has 0 fully saturated rings. The van der Waals surface area contributed by atoms with Crippen LogP contribution >= 0.6 is 0 Å². The molecule has 3 aromatic carbocycles. The summed E-state index contributed by atoms with van der Waals surface area (Å²) in [6, 6.07) is 15.8. The molecule has 0 radical (unpaired) electrons. The van der Waals surface area contributed by atoms with Crippen LogP contribution in [-0.4, -0.2) is 11.0 Å². The number of phenolic OH excluding ortho intramolecular Hbond substituents is 1. The molecule has 0 unspecified atom stereocenters. The van der Waals surface area contributed by atoms with Crippen LogP contribution in [0.25, 0.3) is 0 Å². The molecule has 4 nitrogen and oxygen atoms in total. The van der Waals surface area contributed by atoms with Gasteiger partial charge in [-0.25, -0.2) is 0 Å². The van der Waals surface area contributed by atoms with Crippen molar-refractivity contribution in [2.24, 2.45) is 0 Å². The maximum atomic E-state index is 13.5. The van der Waals surface area contributed by atoms with E-state index in [2.05, 4.69) is 23.6 Å². The molecule has 0 bridgehead atoms. The average molecular weight is 459 g/mol. The van der Waals surface area contributed by atoms with Crippen molar-refractivity contribution < 1.29 is 9.90 Å². The number of benzene rings is 3. The average Bonchev–Trinajstić information content (AvgIpc) is 2.73. The second-order valence-electron chi connectivity index (χ2n) is 11.3. The van der Waals surface area contributed by atoms with Crippen molar-refractivity contribution in [1.29, 1.82) is 0 Å². The van der Waals surface area contributed by atoms with E-state index in [1.807, 2.05) is 97.9 Å². The molecule has 0 aromatic heterocycles. The number of hydrogen-bond acceptors (Lipinski definition) is 3. The van der Waals surface area contributed by atoms with Crippen LogP contribution in [0.4, 0.5) is 17.1 Å². The number of carbonyl (C=O) groups excluding carboxylic acids is 1. The van der Waals surface area contributed by atoms with Gasteiger partial charge in [-0.3, -0.25) is 4.79 Å². The number of rotatable bonds is 4. The number of hydrogen-bond donors (Lipinski definition) is 3. The second-order valence-corrected chi connectivity index (χ2v) is 11.3. The Kier molecular flexibility index (Phi) is 6.84. The molecule has 3 aromatic rings. The maximum absolute atomic E-state index is 13.5. The lowest BCUT2D eigenvalue weighted by Crippen LogP contribution is -2.21. The highest BCUT2D eigenvalue weighted by Crippen LogP contribution is 2.40. The number of phenols is 1. The van der Waals surface area contributed by atoms with Crippen LogP contribution in [0.2, 0.25) is 0 Å². The van der Waals surface area contributed by atoms with Gasteiger partial charge in [-0.05, 0) is 72.6 Å². The van der Waals surface area contributed by atoms with Gasteiger partial charge < -0.3 is 15.7 Å². The first-order chi connectivity index (χ1) is 15.7. The largest absolute Gasteiger partial charge is 0.507 e. The topological polar surface area (TPSA) is 61.4 Å². The summed E-state index contributed by atoms with van der Waals surface area (Å²) in [5.41, 5.74) is 7.39. The Hall–Kier alpha value is -3.27. The monoisotopic (exact) mass is 458 g/mol. The Bertz CT molecular complexity index is 1180. The molecule has 0 atom stereocenters. The van der Waals surface area contributed by atoms with Crippen molar-refractivity contribution in [3.05, 3.63) is 81.9 Å². The molecule has 34 heavy (non-hydrogen) atoms. The Morgan fingerprint density at radius 1 is 0.765 bits per heavy atom. The Morgan fingerprint density at radius 3 is 1.76 bits per heavy atom. The van der Waals surface area contributed by atoms with Crippen LogP contribution in [0, 0.1) is 20.8 Å². The first kappa shape index (κ1) is 25.4. The third kappa shape index (κ3) is 5.27. The number of anilines is 3. The summed E-state index contributed by atoms with van der Waals surface area (Å²) in [6.45, 7) is 18.4. The summed E-state index contributed by atoms with van der Waals surface area (Å²) in [5.74, 6) is 0.0882. The van der Waals surface area contributed by atoms with E-state index >= 15 is 0 Å². The Balaban J connectivity index is 2.05. The summed E-state index contributed by atoms with van der Waals surface area (Å²) in [5, 5.41) is 17.7. The quantitative estimate of drug-likeness (QED) is 0.372. The summed E-state index contributed by atoms with van der Waals surface area (Å²) < 4.78 is 0. The van der Waals surface area contributed by atoms with Gasteiger partial charge in [0.25, 0.3) is 5.91 Å². The molecular weight excluding hydrogens is 420 g/mol. The first-order valence-corrected chi connectivity index (χ1v) is 11.8. The molecule has 0 spiro atoms. The van der Waals surface area contributed by atoms with Crippen molar-refractivity contribution in [2.45, 2.75) is 73.1 Å². The SMILES string of the molecule is Cc1cc(C)c(Nc2ccccc2)c(C)c1NC(=O)c1cc(C(C)(C)C)c(O)c(C(C)(C)C)c1. The van der Waals surface area contributed by atoms with Crippen molar-refractivity contribution in [3.63, 3.8) is 0 Å². The standard InChI is InChI=1S/C30H38N2O2/c1-18-15-19(2)26(20(3)25(18)31-22-13-11-10-12-14-22)32-28(34)21-16-23(29(4,5)6)27(33)24(17-21)30(7,8)9/h10-17,31,33H,1-9H3,(H,32,34). The van der Waals surface area contributed by atoms with Gasteiger partial charge in [0, 0.05) is 33.8 Å². The zero-order valence-corrected chi connectivity index (χ0v) is 22.0. The third-order valence-electron chi connectivity index (χ3n) is 6.24. The molecule has 0 saturated heterocycles. The van der Waals surface area contributed by atoms with Gasteiger partial charge in [-0.2, -0.15) is 0 Å². The van der Waals surface area contributed by atoms with E-state index in [4.69, 9.17) is 0 Å². The Labute approximate surface area is 204 Å². The van der Waals surface area contributed by atoms with E-state index in [9.17, 15) is 9.90 Å². The fourth-order valence-electron chi connectivity index (χ4n) is 4.33. The lowest BCUT2D eigenvalue weighted by molar-refractivity contribution is 0.102. The molecule has 0 saturated carbocycles. The van der Waals surface area contributed by atoms with Crippen LogP contribution in [-0.2, 0) is 10.8 Å². The molecule has 1 amide bonds. The van der Waals surface area contributed by atoms with E-state index in [1.54, 1.807) is 0 Å². The fourth-order valence-corrected chi connectivity index (χ4v) is 4.33. The highest BCUT2D eigenvalue weighted by Gasteiger charge is 2.28. The van der Waals surface area contributed by atoms with E-state index in [1.165, 1.54) is 0 Å². The molecule has 180 valence electrons. The van der Waals surface area contributed by atoms with E-state index in [0.717, 1.165) is 44.9 Å². The molecule has 3 N–H and O–H groups in total. The van der Waals surface area contributed by atoms with E-state index in [0.29, 0.717) is 5.56 Å². The second kappa shape index (κ2) is 9.17. The lowest BCUT2D eigenvalue weighted by Gasteiger charge is -2.28. The van der Waals surface area contributed by atoms with Crippen molar-refractivity contribution in [3.8, 4) is 5.75 Å². The number of nitrogens with one attached hydrogen (secondary N) is 2. The van der Waals surface area contributed by atoms with Crippen LogP contribution in [0.15, 0.2) is 48.5 Å². The lowest BCUT2D eigenvalue weighted by atomic mass is 9.78. The van der Waals surface area contributed by atoms with Crippen LogP contribution in [0.5, 0.6) is 5.75 Å². The predicted octanol–water partition coefficient (Wildman–Crippen LogP) is 7.91.